The van der Waals surface area contributed by atoms with Gasteiger partial charge in [-0.15, -0.1) is 0 Å². The van der Waals surface area contributed by atoms with Crippen molar-refractivity contribution in [1.82, 2.24) is 4.72 Å². The van der Waals surface area contributed by atoms with Gasteiger partial charge in [0.2, 0.25) is 0 Å². The van der Waals surface area contributed by atoms with E-state index < -0.39 is 10.0 Å². The van der Waals surface area contributed by atoms with Crippen molar-refractivity contribution in [2.75, 3.05) is 43.6 Å². The highest BCUT2D eigenvalue weighted by Crippen LogP contribution is 2.20. The van der Waals surface area contributed by atoms with E-state index in [0.29, 0.717) is 23.7 Å². The molecule has 1 heterocycles. The molecule has 0 atom stereocenters. The molecule has 0 saturated carbocycles. The van der Waals surface area contributed by atoms with Gasteiger partial charge >= 0.3 is 0 Å². The summed E-state index contributed by atoms with van der Waals surface area (Å²) in [6.45, 7) is 7.26. The monoisotopic (exact) mass is 457 g/mol. The lowest BCUT2D eigenvalue weighted by atomic mass is 10.2. The summed E-state index contributed by atoms with van der Waals surface area (Å²) in [5, 5.41) is 3.37. The molecule has 8 nitrogen and oxygen atoms in total. The molecule has 0 spiro atoms. The van der Waals surface area contributed by atoms with Crippen molar-refractivity contribution in [2.45, 2.75) is 25.3 Å². The third kappa shape index (κ3) is 6.02. The molecule has 0 amide bonds. The number of anilines is 2. The minimum absolute atomic E-state index is 0.166. The number of ether oxygens (including phenoxy) is 1. The normalized spacial score (nSPS) is 15.8. The Morgan fingerprint density at radius 3 is 2.25 bits per heavy atom. The van der Waals surface area contributed by atoms with Crippen LogP contribution >= 0.6 is 0 Å². The SMILES string of the molecule is CN=C(C)C(NS(=O)(=O)c1ccc(CNc2ccc(N3CCOCC3)cc2)cc1)=C(C)N. The fraction of sp³-hybridized carbons (Fsp3) is 0.348. The molecule has 1 fully saturated rings. The van der Waals surface area contributed by atoms with Crippen LogP contribution in [0.5, 0.6) is 0 Å². The van der Waals surface area contributed by atoms with E-state index in [1.165, 1.54) is 5.69 Å². The van der Waals surface area contributed by atoms with Crippen LogP contribution in [0, 0.1) is 0 Å². The van der Waals surface area contributed by atoms with Crippen LogP contribution in [0.2, 0.25) is 0 Å². The highest BCUT2D eigenvalue weighted by atomic mass is 32.2. The first kappa shape index (κ1) is 23.6. The number of morpholine rings is 1. The van der Waals surface area contributed by atoms with Crippen LogP contribution in [0.4, 0.5) is 11.4 Å². The van der Waals surface area contributed by atoms with Crippen molar-refractivity contribution in [2.24, 2.45) is 10.7 Å². The van der Waals surface area contributed by atoms with Crippen molar-refractivity contribution in [1.29, 1.82) is 0 Å². The van der Waals surface area contributed by atoms with E-state index in [1.807, 2.05) is 12.1 Å². The molecule has 9 heteroatoms. The Hall–Kier alpha value is -3.04. The minimum Gasteiger partial charge on any atom is -0.401 e. The summed E-state index contributed by atoms with van der Waals surface area (Å²) >= 11 is 0. The van der Waals surface area contributed by atoms with Gasteiger partial charge in [0.1, 0.15) is 0 Å². The smallest absolute Gasteiger partial charge is 0.262 e. The summed E-state index contributed by atoms with van der Waals surface area (Å²) in [4.78, 5) is 6.49. The van der Waals surface area contributed by atoms with Crippen LogP contribution in [0.1, 0.15) is 19.4 Å². The lowest BCUT2D eigenvalue weighted by molar-refractivity contribution is 0.122. The predicted molar refractivity (Wildman–Crippen MR) is 129 cm³/mol. The van der Waals surface area contributed by atoms with Crippen molar-refractivity contribution >= 4 is 27.1 Å². The van der Waals surface area contributed by atoms with Gasteiger partial charge in [-0.1, -0.05) is 12.1 Å². The molecule has 1 aliphatic heterocycles. The Bertz CT molecular complexity index is 1070. The predicted octanol–water partition coefficient (Wildman–Crippen LogP) is 2.69. The summed E-state index contributed by atoms with van der Waals surface area (Å²) in [5.74, 6) is 0. The molecule has 32 heavy (non-hydrogen) atoms. The lowest BCUT2D eigenvalue weighted by Crippen LogP contribution is -2.36. The summed E-state index contributed by atoms with van der Waals surface area (Å²) < 4.78 is 33.4. The first-order valence-electron chi connectivity index (χ1n) is 10.5. The molecule has 0 unspecified atom stereocenters. The molecule has 2 aromatic carbocycles. The second kappa shape index (κ2) is 10.5. The fourth-order valence-corrected chi connectivity index (χ4v) is 4.54. The first-order chi connectivity index (χ1) is 15.3. The van der Waals surface area contributed by atoms with Crippen molar-refractivity contribution in [3.63, 3.8) is 0 Å². The fourth-order valence-electron chi connectivity index (χ4n) is 3.35. The van der Waals surface area contributed by atoms with Gasteiger partial charge in [0.05, 0.1) is 29.5 Å². The second-order valence-corrected chi connectivity index (χ2v) is 9.30. The molecule has 0 aromatic heterocycles. The number of sulfonamides is 1. The van der Waals surface area contributed by atoms with Crippen LogP contribution in [0.3, 0.4) is 0 Å². The highest BCUT2D eigenvalue weighted by Gasteiger charge is 2.18. The van der Waals surface area contributed by atoms with E-state index in [2.05, 4.69) is 32.1 Å². The number of nitrogens with zero attached hydrogens (tertiary/aromatic N) is 2. The number of hydrogen-bond acceptors (Lipinski definition) is 7. The standard InChI is InChI=1S/C23H31N5O3S/c1-17(24)23(18(2)25-3)27-32(29,30)22-10-4-19(5-11-22)16-26-20-6-8-21(9-7-20)28-12-14-31-15-13-28/h4-11,26-27H,12-16,24H2,1-3H3. The van der Waals surface area contributed by atoms with Crippen LogP contribution in [0.25, 0.3) is 0 Å². The van der Waals surface area contributed by atoms with Crippen molar-refractivity contribution in [3.05, 3.63) is 65.5 Å². The maximum atomic E-state index is 12.7. The Balaban J connectivity index is 1.61. The Kier molecular flexibility index (Phi) is 7.76. The largest absolute Gasteiger partial charge is 0.401 e. The Labute approximate surface area is 190 Å². The molecule has 3 rings (SSSR count). The van der Waals surface area contributed by atoms with E-state index in [0.717, 1.165) is 37.6 Å². The maximum absolute atomic E-state index is 12.7. The third-order valence-electron chi connectivity index (χ3n) is 5.30. The zero-order valence-corrected chi connectivity index (χ0v) is 19.6. The number of nitrogens with two attached hydrogens (primary N) is 1. The van der Waals surface area contributed by atoms with E-state index >= 15 is 0 Å². The van der Waals surface area contributed by atoms with Gasteiger partial charge in [0, 0.05) is 43.8 Å². The highest BCUT2D eigenvalue weighted by molar-refractivity contribution is 7.89. The summed E-state index contributed by atoms with van der Waals surface area (Å²) in [6.07, 6.45) is 0. The molecule has 0 aliphatic carbocycles. The third-order valence-corrected chi connectivity index (χ3v) is 6.67. The van der Waals surface area contributed by atoms with Crippen LogP contribution in [-0.4, -0.2) is 47.5 Å². The first-order valence-corrected chi connectivity index (χ1v) is 12.0. The summed E-state index contributed by atoms with van der Waals surface area (Å²) in [6, 6.07) is 15.1. The van der Waals surface area contributed by atoms with Gasteiger partial charge in [-0.05, 0) is 55.8 Å². The van der Waals surface area contributed by atoms with Gasteiger partial charge in [-0.25, -0.2) is 8.42 Å². The molecule has 1 saturated heterocycles. The molecule has 1 aliphatic rings. The van der Waals surface area contributed by atoms with Crippen LogP contribution in [-0.2, 0) is 21.3 Å². The molecule has 0 bridgehead atoms. The zero-order valence-electron chi connectivity index (χ0n) is 18.8. The van der Waals surface area contributed by atoms with E-state index in [9.17, 15) is 8.42 Å². The molecule has 172 valence electrons. The van der Waals surface area contributed by atoms with E-state index in [-0.39, 0.29) is 4.90 Å². The average Bonchev–Trinajstić information content (AvgIpc) is 2.82. The number of benzene rings is 2. The molecular weight excluding hydrogens is 426 g/mol. The number of rotatable bonds is 8. The van der Waals surface area contributed by atoms with Crippen LogP contribution < -0.4 is 20.7 Å². The van der Waals surface area contributed by atoms with E-state index in [1.54, 1.807) is 45.2 Å². The van der Waals surface area contributed by atoms with Crippen LogP contribution in [0.15, 0.2) is 69.8 Å². The van der Waals surface area contributed by atoms with Gasteiger partial charge in [0.25, 0.3) is 10.0 Å². The van der Waals surface area contributed by atoms with Crippen molar-refractivity contribution in [3.8, 4) is 0 Å². The number of allylic oxidation sites excluding steroid dienone is 2. The topological polar surface area (TPSA) is 109 Å². The Morgan fingerprint density at radius 1 is 1.06 bits per heavy atom. The zero-order chi connectivity index (χ0) is 23.1. The van der Waals surface area contributed by atoms with Gasteiger partial charge < -0.3 is 20.7 Å². The molecular formula is C23H31N5O3S. The van der Waals surface area contributed by atoms with Gasteiger partial charge in [-0.2, -0.15) is 0 Å². The minimum atomic E-state index is -3.76. The van der Waals surface area contributed by atoms with Gasteiger partial charge in [0.15, 0.2) is 0 Å². The van der Waals surface area contributed by atoms with E-state index in [4.69, 9.17) is 10.5 Å². The second-order valence-electron chi connectivity index (χ2n) is 7.62. The Morgan fingerprint density at radius 2 is 1.69 bits per heavy atom. The quantitative estimate of drug-likeness (QED) is 0.526. The van der Waals surface area contributed by atoms with Gasteiger partial charge in [-0.3, -0.25) is 9.71 Å². The number of nitrogens with one attached hydrogen (secondary N) is 2. The summed E-state index contributed by atoms with van der Waals surface area (Å²) in [5.41, 5.74) is 10.2. The average molecular weight is 458 g/mol. The number of hydrogen-bond donors (Lipinski definition) is 3. The molecule has 4 N–H and O–H groups in total. The molecule has 0 radical (unpaired) electrons. The van der Waals surface area contributed by atoms with Crippen molar-refractivity contribution < 1.29 is 13.2 Å². The summed E-state index contributed by atoms with van der Waals surface area (Å²) in [7, 11) is -2.17. The number of aliphatic imine (C=N–C) groups is 1. The molecule has 2 aromatic rings. The lowest BCUT2D eigenvalue weighted by Gasteiger charge is -2.28. The maximum Gasteiger partial charge on any atom is 0.262 e.